The third-order valence-electron chi connectivity index (χ3n) is 5.88. The van der Waals surface area contributed by atoms with E-state index in [0.29, 0.717) is 6.42 Å². The lowest BCUT2D eigenvalue weighted by Gasteiger charge is -2.47. The van der Waals surface area contributed by atoms with Crippen LogP contribution in [0.2, 0.25) is 0 Å². The van der Waals surface area contributed by atoms with Crippen LogP contribution >= 0.6 is 0 Å². The Hall–Kier alpha value is -3.22. The van der Waals surface area contributed by atoms with Crippen LogP contribution < -0.4 is 0 Å². The number of nitriles is 1. The minimum Gasteiger partial charge on any atom is -0.332 e. The van der Waals surface area contributed by atoms with Crippen molar-refractivity contribution < 1.29 is 18.0 Å². The van der Waals surface area contributed by atoms with Crippen molar-refractivity contribution in [2.75, 3.05) is 26.7 Å². The van der Waals surface area contributed by atoms with Gasteiger partial charge >= 0.3 is 0 Å². The Morgan fingerprint density at radius 2 is 1.77 bits per heavy atom. The summed E-state index contributed by atoms with van der Waals surface area (Å²) in [5, 5.41) is 9.06. The number of hydrogen-bond acceptors (Lipinski definition) is 5. The van der Waals surface area contributed by atoms with E-state index >= 15 is 0 Å². The van der Waals surface area contributed by atoms with Gasteiger partial charge in [-0.05, 0) is 23.8 Å². The molecule has 2 aliphatic heterocycles. The minimum atomic E-state index is -3.89. The molecule has 0 N–H and O–H groups in total. The first-order valence-electron chi connectivity index (χ1n) is 9.94. The zero-order valence-electron chi connectivity index (χ0n) is 17.0. The van der Waals surface area contributed by atoms with Gasteiger partial charge in [0.2, 0.25) is 21.8 Å². The predicted molar refractivity (Wildman–Crippen MR) is 112 cm³/mol. The summed E-state index contributed by atoms with van der Waals surface area (Å²) >= 11 is 0. The Balaban J connectivity index is 1.56. The molecular formula is C22H22N4O4S. The first-order chi connectivity index (χ1) is 14.8. The zero-order chi connectivity index (χ0) is 22.2. The summed E-state index contributed by atoms with van der Waals surface area (Å²) in [5.74, 6) is -0.439. The van der Waals surface area contributed by atoms with Crippen LogP contribution in [0.3, 0.4) is 0 Å². The molecule has 2 saturated heterocycles. The van der Waals surface area contributed by atoms with Crippen LogP contribution in [0, 0.1) is 11.3 Å². The second-order valence-corrected chi connectivity index (χ2v) is 9.64. The number of likely N-dealkylation sites (N-methyl/N-ethyl adjacent to an activating group) is 1. The number of rotatable bonds is 4. The summed E-state index contributed by atoms with van der Waals surface area (Å²) in [6.45, 7) is 0.133. The molecule has 0 radical (unpaired) electrons. The normalized spacial score (nSPS) is 22.2. The van der Waals surface area contributed by atoms with Crippen LogP contribution in [0.5, 0.6) is 0 Å². The van der Waals surface area contributed by atoms with Crippen molar-refractivity contribution in [1.29, 1.82) is 5.26 Å². The van der Waals surface area contributed by atoms with Gasteiger partial charge in [-0.25, -0.2) is 8.42 Å². The molecule has 2 aliphatic rings. The maximum Gasteiger partial charge on any atom is 0.247 e. The highest BCUT2D eigenvalue weighted by atomic mass is 32.2. The Bertz CT molecular complexity index is 1160. The van der Waals surface area contributed by atoms with Gasteiger partial charge in [0.25, 0.3) is 0 Å². The summed E-state index contributed by atoms with van der Waals surface area (Å²) in [7, 11) is -2.30. The van der Waals surface area contributed by atoms with E-state index in [0.717, 1.165) is 5.56 Å². The quantitative estimate of drug-likeness (QED) is 0.704. The van der Waals surface area contributed by atoms with Crippen LogP contribution in [0.15, 0.2) is 59.5 Å². The number of hydrogen-bond donors (Lipinski definition) is 0. The van der Waals surface area contributed by atoms with Crippen LogP contribution in [-0.2, 0) is 26.0 Å². The van der Waals surface area contributed by atoms with Gasteiger partial charge in [0.1, 0.15) is 12.1 Å². The molecule has 2 aromatic rings. The molecule has 2 amide bonds. The summed E-state index contributed by atoms with van der Waals surface area (Å²) in [5.41, 5.74) is 1.20. The van der Waals surface area contributed by atoms with E-state index in [2.05, 4.69) is 0 Å². The topological polar surface area (TPSA) is 102 Å². The molecule has 2 aromatic carbocycles. The van der Waals surface area contributed by atoms with Gasteiger partial charge in [0.05, 0.1) is 16.5 Å². The summed E-state index contributed by atoms with van der Waals surface area (Å²) < 4.78 is 27.4. The minimum absolute atomic E-state index is 0.00453. The summed E-state index contributed by atoms with van der Waals surface area (Å²) in [6.07, 6.45) is 0.411. The van der Waals surface area contributed by atoms with E-state index in [1.54, 1.807) is 7.05 Å². The summed E-state index contributed by atoms with van der Waals surface area (Å²) in [6, 6.07) is 15.8. The molecule has 0 unspecified atom stereocenters. The molecule has 0 bridgehead atoms. The smallest absolute Gasteiger partial charge is 0.247 e. The molecule has 0 saturated carbocycles. The molecule has 4 rings (SSSR count). The van der Waals surface area contributed by atoms with E-state index in [1.807, 2.05) is 36.4 Å². The fourth-order valence-electron chi connectivity index (χ4n) is 4.13. The van der Waals surface area contributed by atoms with Crippen molar-refractivity contribution in [3.8, 4) is 6.07 Å². The third-order valence-corrected chi connectivity index (χ3v) is 7.75. The summed E-state index contributed by atoms with van der Waals surface area (Å²) in [4.78, 5) is 29.2. The number of benzene rings is 2. The Morgan fingerprint density at radius 1 is 1.03 bits per heavy atom. The predicted octanol–water partition coefficient (Wildman–Crippen LogP) is 0.843. The number of fused-ring (bicyclic) bond motifs is 1. The van der Waals surface area contributed by atoms with Gasteiger partial charge in [-0.3, -0.25) is 9.59 Å². The monoisotopic (exact) mass is 438 g/mol. The second kappa shape index (κ2) is 8.13. The molecule has 9 heteroatoms. The van der Waals surface area contributed by atoms with Gasteiger partial charge < -0.3 is 9.80 Å². The maximum atomic E-state index is 13.2. The molecule has 2 atom stereocenters. The number of nitrogens with zero attached hydrogens (tertiary/aromatic N) is 4. The number of carbonyl (C=O) groups is 2. The van der Waals surface area contributed by atoms with Crippen LogP contribution in [0.1, 0.15) is 11.1 Å². The van der Waals surface area contributed by atoms with E-state index < -0.39 is 22.1 Å². The highest BCUT2D eigenvalue weighted by Crippen LogP contribution is 2.26. The average Bonchev–Trinajstić information content (AvgIpc) is 2.80. The highest BCUT2D eigenvalue weighted by Gasteiger charge is 2.48. The van der Waals surface area contributed by atoms with Crippen LogP contribution in [0.4, 0.5) is 0 Å². The highest BCUT2D eigenvalue weighted by molar-refractivity contribution is 7.89. The van der Waals surface area contributed by atoms with E-state index in [4.69, 9.17) is 5.26 Å². The average molecular weight is 439 g/mol. The molecular weight excluding hydrogens is 416 g/mol. The van der Waals surface area contributed by atoms with Crippen molar-refractivity contribution in [3.05, 3.63) is 65.7 Å². The van der Waals surface area contributed by atoms with Crippen LogP contribution in [0.25, 0.3) is 0 Å². The van der Waals surface area contributed by atoms with Crippen LogP contribution in [-0.4, -0.2) is 73.1 Å². The van der Waals surface area contributed by atoms with Crippen molar-refractivity contribution >= 4 is 21.8 Å². The standard InChI is InChI=1S/C22H22N4O4S/c1-24-19(13-16-6-3-2-4-7-16)22(28)26-11-10-25(15-20(26)21(24)27)31(29,30)18-9-5-8-17(12-18)14-23/h2-9,12,19-20H,10-11,13,15H2,1H3/t19-,20-/m0/s1. The third kappa shape index (κ3) is 3.80. The van der Waals surface area contributed by atoms with Crippen molar-refractivity contribution in [1.82, 2.24) is 14.1 Å². The maximum absolute atomic E-state index is 13.2. The Kier molecular flexibility index (Phi) is 5.52. The number of carbonyl (C=O) groups excluding carboxylic acids is 2. The van der Waals surface area contributed by atoms with E-state index in [1.165, 1.54) is 38.4 Å². The largest absolute Gasteiger partial charge is 0.332 e. The number of amides is 2. The van der Waals surface area contributed by atoms with Gasteiger partial charge in [-0.1, -0.05) is 36.4 Å². The molecule has 31 heavy (non-hydrogen) atoms. The molecule has 0 aliphatic carbocycles. The molecule has 0 spiro atoms. The van der Waals surface area contributed by atoms with Gasteiger partial charge in [-0.15, -0.1) is 0 Å². The first kappa shape index (κ1) is 21.0. The lowest BCUT2D eigenvalue weighted by molar-refractivity contribution is -0.162. The van der Waals surface area contributed by atoms with Crippen molar-refractivity contribution in [3.63, 3.8) is 0 Å². The van der Waals surface area contributed by atoms with Crippen molar-refractivity contribution in [2.45, 2.75) is 23.4 Å². The second-order valence-electron chi connectivity index (χ2n) is 7.70. The van der Waals surface area contributed by atoms with Gasteiger partial charge in [-0.2, -0.15) is 9.57 Å². The lowest BCUT2D eigenvalue weighted by Crippen LogP contribution is -2.70. The molecule has 0 aromatic heterocycles. The molecule has 8 nitrogen and oxygen atoms in total. The van der Waals surface area contributed by atoms with Gasteiger partial charge in [0.15, 0.2) is 0 Å². The fourth-order valence-corrected chi connectivity index (χ4v) is 5.62. The number of sulfonamides is 1. The molecule has 2 heterocycles. The van der Waals surface area contributed by atoms with Gasteiger partial charge in [0, 0.05) is 33.1 Å². The number of piperazine rings is 2. The lowest BCUT2D eigenvalue weighted by atomic mass is 9.97. The fraction of sp³-hybridized carbons (Fsp3) is 0.318. The Morgan fingerprint density at radius 3 is 2.48 bits per heavy atom. The SMILES string of the molecule is CN1C(=O)[C@@H]2CN(S(=O)(=O)c3cccc(C#N)c3)CCN2C(=O)[C@@H]1Cc1ccccc1. The Labute approximate surface area is 181 Å². The van der Waals surface area contributed by atoms with E-state index in [-0.39, 0.29) is 41.9 Å². The zero-order valence-corrected chi connectivity index (χ0v) is 17.8. The van der Waals surface area contributed by atoms with Crippen molar-refractivity contribution in [2.24, 2.45) is 0 Å². The molecule has 160 valence electrons. The molecule has 2 fully saturated rings. The van der Waals surface area contributed by atoms with E-state index in [9.17, 15) is 18.0 Å². The first-order valence-corrected chi connectivity index (χ1v) is 11.4.